The number of phenols is 1. The van der Waals surface area contributed by atoms with Gasteiger partial charge in [0.1, 0.15) is 5.75 Å². The van der Waals surface area contributed by atoms with Crippen LogP contribution in [-0.2, 0) is 11.2 Å². The van der Waals surface area contributed by atoms with Crippen molar-refractivity contribution in [2.75, 3.05) is 0 Å². The normalized spacial score (nSPS) is 10.4. The third-order valence-corrected chi connectivity index (χ3v) is 3.00. The first-order valence-electron chi connectivity index (χ1n) is 6.61. The molecule has 0 aliphatic heterocycles. The average Bonchev–Trinajstić information content (AvgIpc) is 2.37. The molecule has 19 heavy (non-hydrogen) atoms. The molecule has 0 heterocycles. The Hall–Kier alpha value is -1.84. The Bertz CT molecular complexity index is 451. The maximum atomic E-state index is 12.0. The molecule has 1 aromatic rings. The van der Waals surface area contributed by atoms with Gasteiger partial charge in [0, 0.05) is 12.8 Å². The average molecular weight is 264 g/mol. The number of phenolic OH excluding ortho intramolecular Hbond substituents is 1. The fraction of sp³-hybridized carbons (Fsp3) is 0.467. The second kappa shape index (κ2) is 7.56. The highest BCUT2D eigenvalue weighted by Crippen LogP contribution is 2.22. The molecule has 1 rings (SSSR count). The minimum absolute atomic E-state index is 0.0221. The smallest absolute Gasteiger partial charge is 0.303 e. The van der Waals surface area contributed by atoms with Crippen LogP contribution in [0.2, 0.25) is 0 Å². The SMILES string of the molecule is CCCCCC(=O)c1cc(CCC(=O)O)ccc1O. The molecule has 0 saturated carbocycles. The van der Waals surface area contributed by atoms with Gasteiger partial charge in [-0.25, -0.2) is 0 Å². The second-order valence-electron chi connectivity index (χ2n) is 4.63. The first-order chi connectivity index (χ1) is 9.04. The number of carboxylic acids is 1. The summed E-state index contributed by atoms with van der Waals surface area (Å²) in [5.41, 5.74) is 1.07. The lowest BCUT2D eigenvalue weighted by molar-refractivity contribution is -0.136. The number of carboxylic acid groups (broad SMARTS) is 1. The maximum Gasteiger partial charge on any atom is 0.303 e. The van der Waals surface area contributed by atoms with Gasteiger partial charge in [0.15, 0.2) is 5.78 Å². The molecule has 0 unspecified atom stereocenters. The van der Waals surface area contributed by atoms with Crippen molar-refractivity contribution >= 4 is 11.8 Å². The topological polar surface area (TPSA) is 74.6 Å². The number of carbonyl (C=O) groups is 2. The zero-order valence-electron chi connectivity index (χ0n) is 11.2. The lowest BCUT2D eigenvalue weighted by Crippen LogP contribution is -2.02. The summed E-state index contributed by atoms with van der Waals surface area (Å²) in [6.07, 6.45) is 3.65. The summed E-state index contributed by atoms with van der Waals surface area (Å²) < 4.78 is 0. The van der Waals surface area contributed by atoms with Crippen LogP contribution in [0.4, 0.5) is 0 Å². The molecule has 0 aliphatic rings. The maximum absolute atomic E-state index is 12.0. The van der Waals surface area contributed by atoms with Gasteiger partial charge in [0.2, 0.25) is 0 Å². The number of hydrogen-bond donors (Lipinski definition) is 2. The summed E-state index contributed by atoms with van der Waals surface area (Å²) >= 11 is 0. The largest absolute Gasteiger partial charge is 0.507 e. The molecule has 0 fully saturated rings. The van der Waals surface area contributed by atoms with Crippen LogP contribution in [0.5, 0.6) is 5.75 Å². The summed E-state index contributed by atoms with van der Waals surface area (Å²) in [6.45, 7) is 2.06. The van der Waals surface area contributed by atoms with Gasteiger partial charge in [-0.05, 0) is 30.5 Å². The number of aliphatic carboxylic acids is 1. The number of aromatic hydroxyl groups is 1. The summed E-state index contributed by atoms with van der Waals surface area (Å²) in [7, 11) is 0. The molecule has 0 spiro atoms. The van der Waals surface area contributed by atoms with Crippen LogP contribution in [0.15, 0.2) is 18.2 Å². The van der Waals surface area contributed by atoms with Crippen molar-refractivity contribution in [3.63, 3.8) is 0 Å². The Labute approximate surface area is 113 Å². The van der Waals surface area contributed by atoms with Gasteiger partial charge >= 0.3 is 5.97 Å². The minimum Gasteiger partial charge on any atom is -0.507 e. The second-order valence-corrected chi connectivity index (χ2v) is 4.63. The van der Waals surface area contributed by atoms with Crippen LogP contribution in [-0.4, -0.2) is 22.0 Å². The van der Waals surface area contributed by atoms with Crippen LogP contribution >= 0.6 is 0 Å². The molecule has 0 saturated heterocycles. The van der Waals surface area contributed by atoms with Crippen LogP contribution in [0, 0.1) is 0 Å². The molecule has 2 N–H and O–H groups in total. The molecule has 104 valence electrons. The highest BCUT2D eigenvalue weighted by molar-refractivity contribution is 5.98. The fourth-order valence-corrected chi connectivity index (χ4v) is 1.88. The van der Waals surface area contributed by atoms with E-state index in [1.807, 2.05) is 0 Å². The van der Waals surface area contributed by atoms with Crippen LogP contribution in [0.25, 0.3) is 0 Å². The Morgan fingerprint density at radius 2 is 1.89 bits per heavy atom. The lowest BCUT2D eigenvalue weighted by atomic mass is 10.00. The number of ketones is 1. The monoisotopic (exact) mass is 264 g/mol. The summed E-state index contributed by atoms with van der Waals surface area (Å²) in [5.74, 6) is -0.979. The van der Waals surface area contributed by atoms with Crippen molar-refractivity contribution in [3.05, 3.63) is 29.3 Å². The predicted octanol–water partition coefficient (Wildman–Crippen LogP) is 3.17. The number of Topliss-reactive ketones (excluding diaryl/α,β-unsaturated/α-hetero) is 1. The Kier molecular flexibility index (Phi) is 6.06. The molecule has 0 aromatic heterocycles. The number of benzene rings is 1. The van der Waals surface area contributed by atoms with E-state index in [1.54, 1.807) is 12.1 Å². The van der Waals surface area contributed by atoms with E-state index in [1.165, 1.54) is 6.07 Å². The van der Waals surface area contributed by atoms with Gasteiger partial charge in [-0.1, -0.05) is 25.8 Å². The number of unbranched alkanes of at least 4 members (excludes halogenated alkanes) is 2. The predicted molar refractivity (Wildman–Crippen MR) is 72.5 cm³/mol. The minimum atomic E-state index is -0.871. The van der Waals surface area contributed by atoms with Gasteiger partial charge in [-0.3, -0.25) is 9.59 Å². The third-order valence-electron chi connectivity index (χ3n) is 3.00. The van der Waals surface area contributed by atoms with Crippen molar-refractivity contribution < 1.29 is 19.8 Å². The van der Waals surface area contributed by atoms with E-state index in [2.05, 4.69) is 6.92 Å². The quantitative estimate of drug-likeness (QED) is 0.558. The number of rotatable bonds is 8. The standard InChI is InChI=1S/C15H20O4/c1-2-3-4-5-13(16)12-10-11(6-8-14(12)17)7-9-15(18)19/h6,8,10,17H,2-5,7,9H2,1H3,(H,18,19). The number of aryl methyl sites for hydroxylation is 1. The van der Waals surface area contributed by atoms with E-state index in [-0.39, 0.29) is 18.0 Å². The fourth-order valence-electron chi connectivity index (χ4n) is 1.88. The van der Waals surface area contributed by atoms with E-state index in [9.17, 15) is 14.7 Å². The van der Waals surface area contributed by atoms with Crippen LogP contribution < -0.4 is 0 Å². The van der Waals surface area contributed by atoms with Gasteiger partial charge < -0.3 is 10.2 Å². The van der Waals surface area contributed by atoms with Gasteiger partial charge in [-0.2, -0.15) is 0 Å². The van der Waals surface area contributed by atoms with Gasteiger partial charge in [-0.15, -0.1) is 0 Å². The molecule has 0 bridgehead atoms. The molecule has 0 amide bonds. The van der Waals surface area contributed by atoms with Crippen molar-refractivity contribution in [2.24, 2.45) is 0 Å². The Balaban J connectivity index is 2.73. The Morgan fingerprint density at radius 1 is 1.16 bits per heavy atom. The van der Waals surface area contributed by atoms with E-state index in [4.69, 9.17) is 5.11 Å². The zero-order valence-corrected chi connectivity index (χ0v) is 11.2. The summed E-state index contributed by atoms with van der Waals surface area (Å²) in [5, 5.41) is 18.3. The van der Waals surface area contributed by atoms with Crippen molar-refractivity contribution in [2.45, 2.75) is 45.4 Å². The van der Waals surface area contributed by atoms with Crippen LogP contribution in [0.1, 0.15) is 54.9 Å². The summed E-state index contributed by atoms with van der Waals surface area (Å²) in [6, 6.07) is 4.72. The molecular formula is C15H20O4. The van der Waals surface area contributed by atoms with Crippen molar-refractivity contribution in [1.29, 1.82) is 0 Å². The zero-order chi connectivity index (χ0) is 14.3. The van der Waals surface area contributed by atoms with E-state index < -0.39 is 5.97 Å². The molecule has 0 radical (unpaired) electrons. The van der Waals surface area contributed by atoms with E-state index in [0.717, 1.165) is 24.8 Å². The lowest BCUT2D eigenvalue weighted by Gasteiger charge is -2.06. The molecule has 4 nitrogen and oxygen atoms in total. The highest BCUT2D eigenvalue weighted by atomic mass is 16.4. The Morgan fingerprint density at radius 3 is 2.53 bits per heavy atom. The van der Waals surface area contributed by atoms with E-state index >= 15 is 0 Å². The van der Waals surface area contributed by atoms with Gasteiger partial charge in [0.25, 0.3) is 0 Å². The van der Waals surface area contributed by atoms with Crippen molar-refractivity contribution in [1.82, 2.24) is 0 Å². The molecule has 0 atom stereocenters. The summed E-state index contributed by atoms with van der Waals surface area (Å²) in [4.78, 5) is 22.5. The highest BCUT2D eigenvalue weighted by Gasteiger charge is 2.12. The third kappa shape index (κ3) is 5.12. The number of hydrogen-bond acceptors (Lipinski definition) is 3. The van der Waals surface area contributed by atoms with Crippen LogP contribution in [0.3, 0.4) is 0 Å². The molecule has 1 aromatic carbocycles. The first kappa shape index (κ1) is 15.2. The molecule has 0 aliphatic carbocycles. The van der Waals surface area contributed by atoms with E-state index in [0.29, 0.717) is 18.4 Å². The number of carbonyl (C=O) groups excluding carboxylic acids is 1. The first-order valence-corrected chi connectivity index (χ1v) is 6.61. The molecule has 4 heteroatoms. The molecular weight excluding hydrogens is 244 g/mol. The van der Waals surface area contributed by atoms with Crippen molar-refractivity contribution in [3.8, 4) is 5.75 Å². The van der Waals surface area contributed by atoms with Gasteiger partial charge in [0.05, 0.1) is 5.56 Å².